The van der Waals surface area contributed by atoms with Crippen LogP contribution < -0.4 is 5.32 Å². The molecule has 0 spiro atoms. The Morgan fingerprint density at radius 2 is 2.41 bits per heavy atom. The minimum atomic E-state index is 0.665. The number of hydrogen-bond acceptors (Lipinski definition) is 6. The third kappa shape index (κ3) is 2.05. The molecule has 1 N–H and O–H groups in total. The molecule has 0 amide bonds. The maximum atomic E-state index is 4.11. The van der Waals surface area contributed by atoms with Crippen molar-refractivity contribution in [3.05, 3.63) is 12.4 Å². The molecule has 2 aromatic rings. The zero-order chi connectivity index (χ0) is 11.7. The van der Waals surface area contributed by atoms with Gasteiger partial charge in [-0.1, -0.05) is 0 Å². The molecule has 17 heavy (non-hydrogen) atoms. The van der Waals surface area contributed by atoms with Crippen molar-refractivity contribution in [3.8, 4) is 0 Å². The number of fused-ring (bicyclic) bond motifs is 1. The molecule has 1 unspecified atom stereocenters. The summed E-state index contributed by atoms with van der Waals surface area (Å²) in [5.74, 6) is 1.54. The SMILES string of the molecule is CN1CCC(CNc2cncc3nnnn23)C1. The van der Waals surface area contributed by atoms with Crippen LogP contribution in [0.25, 0.3) is 5.65 Å². The van der Waals surface area contributed by atoms with E-state index in [0.29, 0.717) is 11.6 Å². The minimum absolute atomic E-state index is 0.665. The van der Waals surface area contributed by atoms with Crippen molar-refractivity contribution in [2.75, 3.05) is 32.0 Å². The third-order valence-corrected chi connectivity index (χ3v) is 3.17. The van der Waals surface area contributed by atoms with E-state index in [-0.39, 0.29) is 0 Å². The van der Waals surface area contributed by atoms with Crippen LogP contribution in [0.2, 0.25) is 0 Å². The van der Waals surface area contributed by atoms with Gasteiger partial charge in [-0.15, -0.1) is 5.10 Å². The van der Waals surface area contributed by atoms with Gasteiger partial charge in [0.2, 0.25) is 0 Å². The Bertz CT molecular complexity index is 508. The molecule has 3 rings (SSSR count). The Morgan fingerprint density at radius 3 is 3.24 bits per heavy atom. The number of nitrogens with one attached hydrogen (secondary N) is 1. The largest absolute Gasteiger partial charge is 0.368 e. The molecule has 1 aliphatic rings. The second-order valence-electron chi connectivity index (χ2n) is 4.54. The van der Waals surface area contributed by atoms with E-state index in [9.17, 15) is 0 Å². The summed E-state index contributed by atoms with van der Waals surface area (Å²) in [5.41, 5.74) is 0.665. The number of hydrogen-bond donors (Lipinski definition) is 1. The summed E-state index contributed by atoms with van der Waals surface area (Å²) in [6, 6.07) is 0. The first kappa shape index (κ1) is 10.4. The zero-order valence-electron chi connectivity index (χ0n) is 9.74. The summed E-state index contributed by atoms with van der Waals surface area (Å²) in [4.78, 5) is 6.46. The summed E-state index contributed by atoms with van der Waals surface area (Å²) in [7, 11) is 2.16. The summed E-state index contributed by atoms with van der Waals surface area (Å²) in [6.45, 7) is 3.26. The van der Waals surface area contributed by atoms with Gasteiger partial charge in [0.1, 0.15) is 5.82 Å². The normalized spacial score (nSPS) is 21.1. The van der Waals surface area contributed by atoms with Crippen LogP contribution in [0.4, 0.5) is 5.82 Å². The van der Waals surface area contributed by atoms with Gasteiger partial charge in [-0.25, -0.2) is 0 Å². The van der Waals surface area contributed by atoms with E-state index >= 15 is 0 Å². The van der Waals surface area contributed by atoms with Gasteiger partial charge in [-0.3, -0.25) is 4.98 Å². The monoisotopic (exact) mass is 233 g/mol. The molecule has 0 aliphatic carbocycles. The molecular formula is C10H15N7. The maximum absolute atomic E-state index is 4.11. The van der Waals surface area contributed by atoms with Crippen LogP contribution >= 0.6 is 0 Å². The summed E-state index contributed by atoms with van der Waals surface area (Å²) in [5, 5.41) is 14.8. The average molecular weight is 233 g/mol. The lowest BCUT2D eigenvalue weighted by Crippen LogP contribution is -2.20. The van der Waals surface area contributed by atoms with Crippen molar-refractivity contribution in [2.45, 2.75) is 6.42 Å². The standard InChI is InChI=1S/C10H15N7/c1-16-3-2-8(7-16)4-12-9-5-11-6-10-13-14-15-17(9)10/h5-6,8,12H,2-4,7H2,1H3. The van der Waals surface area contributed by atoms with Crippen LogP contribution in [-0.4, -0.2) is 56.6 Å². The summed E-state index contributed by atoms with van der Waals surface area (Å²) in [6.07, 6.45) is 4.64. The predicted molar refractivity (Wildman–Crippen MR) is 62.7 cm³/mol. The van der Waals surface area contributed by atoms with Gasteiger partial charge in [0.15, 0.2) is 5.65 Å². The summed E-state index contributed by atoms with van der Waals surface area (Å²) >= 11 is 0. The van der Waals surface area contributed by atoms with E-state index in [1.165, 1.54) is 13.0 Å². The van der Waals surface area contributed by atoms with Crippen LogP contribution in [0.5, 0.6) is 0 Å². The zero-order valence-corrected chi connectivity index (χ0v) is 9.74. The number of tetrazole rings is 1. The van der Waals surface area contributed by atoms with Gasteiger partial charge >= 0.3 is 0 Å². The van der Waals surface area contributed by atoms with E-state index in [0.717, 1.165) is 18.9 Å². The molecule has 1 atom stereocenters. The van der Waals surface area contributed by atoms with Crippen LogP contribution in [0.15, 0.2) is 12.4 Å². The van der Waals surface area contributed by atoms with Gasteiger partial charge in [-0.2, -0.15) is 4.52 Å². The van der Waals surface area contributed by atoms with E-state index in [4.69, 9.17) is 0 Å². The van der Waals surface area contributed by atoms with Crippen molar-refractivity contribution >= 4 is 11.5 Å². The second kappa shape index (κ2) is 4.25. The molecule has 3 heterocycles. The number of aromatic nitrogens is 5. The second-order valence-corrected chi connectivity index (χ2v) is 4.54. The number of anilines is 1. The lowest BCUT2D eigenvalue weighted by atomic mass is 10.1. The van der Waals surface area contributed by atoms with Crippen molar-refractivity contribution in [2.24, 2.45) is 5.92 Å². The van der Waals surface area contributed by atoms with E-state index < -0.39 is 0 Å². The average Bonchev–Trinajstić information content (AvgIpc) is 2.94. The molecule has 2 aromatic heterocycles. The van der Waals surface area contributed by atoms with Crippen LogP contribution in [0.1, 0.15) is 6.42 Å². The highest BCUT2D eigenvalue weighted by atomic mass is 15.5. The molecule has 7 heteroatoms. The summed E-state index contributed by atoms with van der Waals surface area (Å²) < 4.78 is 1.67. The Balaban J connectivity index is 1.70. The molecule has 0 saturated carbocycles. The highest BCUT2D eigenvalue weighted by Crippen LogP contribution is 2.15. The maximum Gasteiger partial charge on any atom is 0.199 e. The quantitative estimate of drug-likeness (QED) is 0.797. The van der Waals surface area contributed by atoms with E-state index in [1.807, 2.05) is 0 Å². The van der Waals surface area contributed by atoms with Crippen LogP contribution in [-0.2, 0) is 0 Å². The van der Waals surface area contributed by atoms with E-state index in [1.54, 1.807) is 16.9 Å². The predicted octanol–water partition coefficient (Wildman–Crippen LogP) is -0.117. The number of rotatable bonds is 3. The van der Waals surface area contributed by atoms with Crippen molar-refractivity contribution < 1.29 is 0 Å². The fraction of sp³-hybridized carbons (Fsp3) is 0.600. The van der Waals surface area contributed by atoms with Gasteiger partial charge in [0, 0.05) is 13.1 Å². The first-order chi connectivity index (χ1) is 8.33. The Hall–Kier alpha value is -1.76. The first-order valence-corrected chi connectivity index (χ1v) is 5.77. The molecule has 0 bridgehead atoms. The van der Waals surface area contributed by atoms with Gasteiger partial charge in [0.05, 0.1) is 12.4 Å². The number of likely N-dealkylation sites (tertiary alicyclic amines) is 1. The first-order valence-electron chi connectivity index (χ1n) is 5.77. The fourth-order valence-electron chi connectivity index (χ4n) is 2.24. The fourth-order valence-corrected chi connectivity index (χ4v) is 2.24. The molecule has 0 radical (unpaired) electrons. The van der Waals surface area contributed by atoms with Gasteiger partial charge in [-0.05, 0) is 36.4 Å². The molecule has 1 aliphatic heterocycles. The molecule has 1 saturated heterocycles. The Labute approximate surface area is 98.8 Å². The molecule has 1 fully saturated rings. The molecule has 0 aromatic carbocycles. The van der Waals surface area contributed by atoms with Crippen molar-refractivity contribution in [3.63, 3.8) is 0 Å². The van der Waals surface area contributed by atoms with Crippen LogP contribution in [0, 0.1) is 5.92 Å². The van der Waals surface area contributed by atoms with Crippen molar-refractivity contribution in [1.29, 1.82) is 0 Å². The minimum Gasteiger partial charge on any atom is -0.368 e. The Kier molecular flexibility index (Phi) is 2.60. The van der Waals surface area contributed by atoms with Gasteiger partial charge < -0.3 is 10.2 Å². The number of nitrogens with zero attached hydrogens (tertiary/aromatic N) is 6. The molecule has 7 nitrogen and oxygen atoms in total. The van der Waals surface area contributed by atoms with E-state index in [2.05, 4.69) is 37.8 Å². The molecular weight excluding hydrogens is 218 g/mol. The topological polar surface area (TPSA) is 71.2 Å². The van der Waals surface area contributed by atoms with Crippen molar-refractivity contribution in [1.82, 2.24) is 29.9 Å². The highest BCUT2D eigenvalue weighted by Gasteiger charge is 2.19. The smallest absolute Gasteiger partial charge is 0.199 e. The van der Waals surface area contributed by atoms with Crippen LogP contribution in [0.3, 0.4) is 0 Å². The lowest BCUT2D eigenvalue weighted by Gasteiger charge is -2.12. The Morgan fingerprint density at radius 1 is 1.47 bits per heavy atom. The molecule has 90 valence electrons. The third-order valence-electron chi connectivity index (χ3n) is 3.17. The lowest BCUT2D eigenvalue weighted by molar-refractivity contribution is 0.399. The highest BCUT2D eigenvalue weighted by molar-refractivity contribution is 5.43. The van der Waals surface area contributed by atoms with Gasteiger partial charge in [0.25, 0.3) is 0 Å².